The van der Waals surface area contributed by atoms with Gasteiger partial charge in [0, 0.05) is 94.7 Å². The molecule has 0 aromatic heterocycles. The molecule has 0 aliphatic carbocycles. The van der Waals surface area contributed by atoms with Gasteiger partial charge in [0.05, 0.1) is 11.2 Å². The normalized spacial score (nSPS) is 37.9. The second-order valence-electron chi connectivity index (χ2n) is 12.8. The van der Waals surface area contributed by atoms with E-state index in [9.17, 15) is 15.0 Å². The molecule has 6 saturated heterocycles. The molecule has 6 aliphatic heterocycles. The summed E-state index contributed by atoms with van der Waals surface area (Å²) in [6.45, 7) is 0. The summed E-state index contributed by atoms with van der Waals surface area (Å²) >= 11 is 0. The van der Waals surface area contributed by atoms with Crippen molar-refractivity contribution in [1.29, 1.82) is 0 Å². The first-order valence-electron chi connectivity index (χ1n) is 15.1. The average Bonchev–Trinajstić information content (AvgIpc) is 3.60. The number of piperidine rings is 3. The summed E-state index contributed by atoms with van der Waals surface area (Å²) in [5.41, 5.74) is 0.952. The van der Waals surface area contributed by atoms with Crippen molar-refractivity contribution in [2.45, 2.75) is 125 Å². The van der Waals surface area contributed by atoms with Crippen molar-refractivity contribution in [3.8, 4) is 0 Å². The summed E-state index contributed by atoms with van der Waals surface area (Å²) in [6.07, 6.45) is 11.9. The van der Waals surface area contributed by atoms with Crippen LogP contribution in [0.4, 0.5) is 0 Å². The van der Waals surface area contributed by atoms with Gasteiger partial charge in [-0.2, -0.15) is 0 Å². The van der Waals surface area contributed by atoms with Gasteiger partial charge in [-0.3, -0.25) is 4.79 Å². The quantitative estimate of drug-likeness (QED) is 0.368. The maximum Gasteiger partial charge on any atom is 0.130 e. The number of hydrogen-bond donors (Lipinski definition) is 3. The van der Waals surface area contributed by atoms with Crippen LogP contribution in [0.3, 0.4) is 0 Å². The van der Waals surface area contributed by atoms with Gasteiger partial charge in [-0.25, -0.2) is 0 Å². The molecule has 8 rings (SSSR count). The number of hydrogen-bond acceptors (Lipinski definition) is 4. The van der Waals surface area contributed by atoms with Crippen LogP contribution in [0.1, 0.15) is 88.2 Å². The Labute approximate surface area is 311 Å². The van der Waals surface area contributed by atoms with Crippen molar-refractivity contribution < 1.29 is 97.6 Å². The van der Waals surface area contributed by atoms with Crippen molar-refractivity contribution in [3.63, 3.8) is 0 Å². The van der Waals surface area contributed by atoms with Crippen molar-refractivity contribution in [1.82, 2.24) is 5.32 Å². The summed E-state index contributed by atoms with van der Waals surface area (Å²) in [4.78, 5) is 10.9. The third kappa shape index (κ3) is 8.67. The Morgan fingerprint density at radius 1 is 0.585 bits per heavy atom. The molecular formula is C33H43N3O3Pr2-2. The van der Waals surface area contributed by atoms with Gasteiger partial charge in [0.15, 0.2) is 0 Å². The van der Waals surface area contributed by atoms with Gasteiger partial charge in [0.25, 0.3) is 0 Å². The van der Waals surface area contributed by atoms with Gasteiger partial charge >= 0.3 is 0 Å². The molecule has 6 heterocycles. The van der Waals surface area contributed by atoms with E-state index in [2.05, 4.69) is 16.0 Å². The van der Waals surface area contributed by atoms with Crippen LogP contribution in [0, 0.1) is 82.6 Å². The summed E-state index contributed by atoms with van der Waals surface area (Å²) in [6, 6.07) is 22.8. The van der Waals surface area contributed by atoms with Gasteiger partial charge < -0.3 is 26.2 Å². The molecule has 6 aliphatic rings. The zero-order chi connectivity index (χ0) is 26.9. The smallest absolute Gasteiger partial charge is 0.130 e. The van der Waals surface area contributed by atoms with Gasteiger partial charge in [-0.05, 0) is 62.5 Å². The second-order valence-corrected chi connectivity index (χ2v) is 12.8. The molecule has 6 unspecified atom stereocenters. The van der Waals surface area contributed by atoms with Crippen molar-refractivity contribution in [3.05, 3.63) is 82.4 Å². The van der Waals surface area contributed by atoms with Crippen molar-refractivity contribution in [2.24, 2.45) is 0 Å². The number of fused-ring (bicyclic) bond motifs is 6. The average molecular weight is 812 g/mol. The van der Waals surface area contributed by atoms with Crippen molar-refractivity contribution in [2.75, 3.05) is 0 Å². The van der Waals surface area contributed by atoms with Crippen LogP contribution in [0.2, 0.25) is 0 Å². The number of nitrogens with one attached hydrogen (secondary N) is 1. The number of carbonyl (C=O) groups excluding carboxylic acids is 1. The molecule has 0 spiro atoms. The van der Waals surface area contributed by atoms with E-state index in [1.54, 1.807) is 0 Å². The number of aliphatic hydroxyl groups is 2. The van der Waals surface area contributed by atoms with Crippen LogP contribution in [-0.2, 0) is 16.0 Å². The maximum absolute atomic E-state index is 10.9. The topological polar surface area (TPSA) is 97.8 Å². The fourth-order valence-corrected chi connectivity index (χ4v) is 7.85. The van der Waals surface area contributed by atoms with Crippen LogP contribution in [0.25, 0.3) is 10.6 Å². The maximum atomic E-state index is 10.9. The van der Waals surface area contributed by atoms with Gasteiger partial charge in [-0.1, -0.05) is 86.3 Å². The Morgan fingerprint density at radius 3 is 1.44 bits per heavy atom. The Balaban J connectivity index is 0.000000143. The zero-order valence-electron chi connectivity index (χ0n) is 24.1. The Kier molecular flexibility index (Phi) is 12.9. The van der Waals surface area contributed by atoms with E-state index < -0.39 is 11.2 Å². The van der Waals surface area contributed by atoms with Gasteiger partial charge in [0.1, 0.15) is 5.78 Å². The minimum atomic E-state index is -0.616. The minimum Gasteiger partial charge on any atom is -0.657 e. The molecular weight excluding hydrogens is 768 g/mol. The number of benzene rings is 2. The first kappa shape index (κ1) is 34.5. The van der Waals surface area contributed by atoms with E-state index in [4.69, 9.17) is 0 Å². The minimum absolute atomic E-state index is 0. The monoisotopic (exact) mass is 811 g/mol. The van der Waals surface area contributed by atoms with Crippen LogP contribution in [0.15, 0.2) is 60.7 Å². The molecule has 2 radical (unpaired) electrons. The molecule has 6 atom stereocenters. The van der Waals surface area contributed by atoms with E-state index >= 15 is 0 Å². The number of ketones is 1. The zero-order valence-corrected chi connectivity index (χ0v) is 31.5. The Bertz CT molecular complexity index is 1010. The summed E-state index contributed by atoms with van der Waals surface area (Å²) in [5.74, 6) is 0.428. The van der Waals surface area contributed by atoms with E-state index in [0.717, 1.165) is 62.5 Å². The molecule has 41 heavy (non-hydrogen) atoms. The van der Waals surface area contributed by atoms with Gasteiger partial charge in [0.2, 0.25) is 0 Å². The van der Waals surface area contributed by atoms with Crippen molar-refractivity contribution >= 4 is 5.78 Å². The van der Waals surface area contributed by atoms with Crippen LogP contribution < -0.4 is 5.32 Å². The standard InChI is InChI=1S/C13H17NO.C13H16NO.C7H10NO.2Pr/c2*15-13(10-4-2-1-3-5-10)8-11-6-7-12(9-13)14-11;9-7-3-5-1-2-6(4-7)8-5;;/h1-5,11-12,14-15H,6-9H2;1-5,11-12,15H,6-9H2;5-6H,1-4H2;;/q;2*-1;;. The number of nitrogens with zero attached hydrogens (tertiary/aromatic N) is 2. The summed E-state index contributed by atoms with van der Waals surface area (Å²) < 4.78 is 0. The van der Waals surface area contributed by atoms with Crippen LogP contribution in [0.5, 0.6) is 0 Å². The third-order valence-electron chi connectivity index (χ3n) is 9.71. The molecule has 3 N–H and O–H groups in total. The molecule has 6 nitrogen and oxygen atoms in total. The Morgan fingerprint density at radius 2 is 0.976 bits per heavy atom. The molecule has 6 bridgehead atoms. The molecule has 0 amide bonds. The fraction of sp³-hybridized carbons (Fsp3) is 0.606. The van der Waals surface area contributed by atoms with E-state index in [1.807, 2.05) is 60.7 Å². The molecule has 0 saturated carbocycles. The van der Waals surface area contributed by atoms with Crippen LogP contribution in [-0.4, -0.2) is 52.2 Å². The van der Waals surface area contributed by atoms with Gasteiger partial charge in [-0.15, -0.1) is 24.2 Å². The SMILES string of the molecule is O=C1CC2CCC(C1)[N-]2.OC1(c2ccccc2)CC2CCC(C1)N2.OC1(c2ccccc2)CC2CCC(C1)[N-]2.[Pr].[Pr]. The fourth-order valence-electron chi connectivity index (χ4n) is 7.85. The predicted octanol–water partition coefficient (Wildman–Crippen LogP) is 5.62. The molecule has 8 heteroatoms. The van der Waals surface area contributed by atoms with E-state index in [0.29, 0.717) is 42.0 Å². The Hall–Kier alpha value is 0.637. The predicted molar refractivity (Wildman–Crippen MR) is 154 cm³/mol. The molecule has 216 valence electrons. The van der Waals surface area contributed by atoms with E-state index in [-0.39, 0.29) is 82.6 Å². The largest absolute Gasteiger partial charge is 0.657 e. The number of Topliss-reactive ketones (excluding diaryl/α,β-unsaturated/α-hetero) is 1. The summed E-state index contributed by atoms with van der Waals surface area (Å²) in [5, 5.41) is 34.0. The molecule has 2 aromatic rings. The summed E-state index contributed by atoms with van der Waals surface area (Å²) in [7, 11) is 0. The number of carbonyl (C=O) groups is 1. The first-order valence-corrected chi connectivity index (χ1v) is 15.1. The molecule has 6 fully saturated rings. The van der Waals surface area contributed by atoms with E-state index in [1.165, 1.54) is 25.7 Å². The van der Waals surface area contributed by atoms with Crippen LogP contribution >= 0.6 is 0 Å². The first-order chi connectivity index (χ1) is 18.9. The third-order valence-corrected chi connectivity index (χ3v) is 9.71. The molecule has 2 aromatic carbocycles. The second kappa shape index (κ2) is 15.3. The number of rotatable bonds is 2.